The van der Waals surface area contributed by atoms with Gasteiger partial charge in [0.2, 0.25) is 0 Å². The van der Waals surface area contributed by atoms with E-state index in [1.54, 1.807) is 12.1 Å². The lowest BCUT2D eigenvalue weighted by Gasteiger charge is -2.15. The van der Waals surface area contributed by atoms with Gasteiger partial charge in [0.05, 0.1) is 7.11 Å². The molecule has 0 aliphatic heterocycles. The number of ether oxygens (including phenoxy) is 1. The van der Waals surface area contributed by atoms with Gasteiger partial charge < -0.3 is 10.1 Å². The smallest absolute Gasteiger partial charge is 0.169 e. The molecular weight excluding hydrogens is 205 g/mol. The highest BCUT2D eigenvalue weighted by Gasteiger charge is 2.09. The summed E-state index contributed by atoms with van der Waals surface area (Å²) in [6.07, 6.45) is 2.12. The van der Waals surface area contributed by atoms with Crippen molar-refractivity contribution in [3.05, 3.63) is 29.6 Å². The van der Waals surface area contributed by atoms with Crippen LogP contribution in [0.4, 0.5) is 4.39 Å². The van der Waals surface area contributed by atoms with E-state index in [0.29, 0.717) is 23.9 Å². The van der Waals surface area contributed by atoms with Crippen LogP contribution in [0.5, 0.6) is 5.75 Å². The standard InChI is InChI=1S/C13H20FNO/c1-4-11(5-2)15-9-10-7-6-8-12(16-3)13(10)14/h6-8,11,15H,4-5,9H2,1-3H3. The third-order valence-corrected chi connectivity index (χ3v) is 2.83. The fourth-order valence-corrected chi connectivity index (χ4v) is 1.68. The molecule has 0 aliphatic rings. The summed E-state index contributed by atoms with van der Waals surface area (Å²) in [6, 6.07) is 5.68. The van der Waals surface area contributed by atoms with E-state index in [9.17, 15) is 4.39 Å². The Morgan fingerprint density at radius 3 is 2.56 bits per heavy atom. The zero-order chi connectivity index (χ0) is 12.0. The number of nitrogens with one attached hydrogen (secondary N) is 1. The fraction of sp³-hybridized carbons (Fsp3) is 0.538. The molecular formula is C13H20FNO. The van der Waals surface area contributed by atoms with Crippen LogP contribution in [0, 0.1) is 5.82 Å². The van der Waals surface area contributed by atoms with Crippen molar-refractivity contribution >= 4 is 0 Å². The Labute approximate surface area is 96.8 Å². The van der Waals surface area contributed by atoms with Crippen molar-refractivity contribution < 1.29 is 9.13 Å². The summed E-state index contributed by atoms with van der Waals surface area (Å²) in [5, 5.41) is 3.33. The van der Waals surface area contributed by atoms with Gasteiger partial charge in [-0.3, -0.25) is 0 Å². The molecule has 3 heteroatoms. The van der Waals surface area contributed by atoms with E-state index in [-0.39, 0.29) is 5.82 Å². The van der Waals surface area contributed by atoms with Gasteiger partial charge in [-0.1, -0.05) is 26.0 Å². The van der Waals surface area contributed by atoms with Gasteiger partial charge in [0, 0.05) is 18.2 Å². The first kappa shape index (κ1) is 13.0. The molecule has 0 fully saturated rings. The van der Waals surface area contributed by atoms with Gasteiger partial charge in [0.25, 0.3) is 0 Å². The number of hydrogen-bond donors (Lipinski definition) is 1. The molecule has 1 N–H and O–H groups in total. The minimum Gasteiger partial charge on any atom is -0.494 e. The van der Waals surface area contributed by atoms with Crippen LogP contribution < -0.4 is 10.1 Å². The van der Waals surface area contributed by atoms with Crippen molar-refractivity contribution in [3.63, 3.8) is 0 Å². The lowest BCUT2D eigenvalue weighted by Crippen LogP contribution is -2.27. The summed E-state index contributed by atoms with van der Waals surface area (Å²) in [6.45, 7) is 4.81. The van der Waals surface area contributed by atoms with Crippen LogP contribution in [-0.2, 0) is 6.54 Å². The largest absolute Gasteiger partial charge is 0.494 e. The summed E-state index contributed by atoms with van der Waals surface area (Å²) in [5.41, 5.74) is 0.659. The second-order valence-electron chi connectivity index (χ2n) is 3.83. The van der Waals surface area contributed by atoms with Crippen LogP contribution in [-0.4, -0.2) is 13.2 Å². The fourth-order valence-electron chi connectivity index (χ4n) is 1.68. The zero-order valence-electron chi connectivity index (χ0n) is 10.2. The van der Waals surface area contributed by atoms with E-state index in [4.69, 9.17) is 4.74 Å². The van der Waals surface area contributed by atoms with Crippen molar-refractivity contribution in [2.45, 2.75) is 39.3 Å². The number of halogens is 1. The molecule has 0 heterocycles. The summed E-state index contributed by atoms with van der Waals surface area (Å²) >= 11 is 0. The van der Waals surface area contributed by atoms with Gasteiger partial charge in [0.15, 0.2) is 11.6 Å². The molecule has 0 aromatic heterocycles. The first-order valence-corrected chi connectivity index (χ1v) is 5.77. The SMILES string of the molecule is CCC(CC)NCc1cccc(OC)c1F. The highest BCUT2D eigenvalue weighted by molar-refractivity contribution is 5.30. The maximum Gasteiger partial charge on any atom is 0.169 e. The van der Waals surface area contributed by atoms with Crippen molar-refractivity contribution in [2.75, 3.05) is 7.11 Å². The Balaban J connectivity index is 2.66. The maximum absolute atomic E-state index is 13.8. The second kappa shape index (κ2) is 6.48. The van der Waals surface area contributed by atoms with E-state index >= 15 is 0 Å². The first-order chi connectivity index (χ1) is 7.72. The lowest BCUT2D eigenvalue weighted by molar-refractivity contribution is 0.381. The predicted molar refractivity (Wildman–Crippen MR) is 64.2 cm³/mol. The van der Waals surface area contributed by atoms with E-state index in [0.717, 1.165) is 12.8 Å². The van der Waals surface area contributed by atoms with Crippen LogP contribution in [0.2, 0.25) is 0 Å². The molecule has 0 spiro atoms. The van der Waals surface area contributed by atoms with Gasteiger partial charge >= 0.3 is 0 Å². The minimum absolute atomic E-state index is 0.261. The van der Waals surface area contributed by atoms with E-state index in [1.165, 1.54) is 7.11 Å². The summed E-state index contributed by atoms with van der Waals surface area (Å²) in [5.74, 6) is 0.0484. The maximum atomic E-state index is 13.8. The molecule has 0 atom stereocenters. The summed E-state index contributed by atoms with van der Waals surface area (Å²) < 4.78 is 18.7. The van der Waals surface area contributed by atoms with Crippen molar-refractivity contribution in [3.8, 4) is 5.75 Å². The molecule has 0 saturated heterocycles. The lowest BCUT2D eigenvalue weighted by atomic mass is 10.1. The van der Waals surface area contributed by atoms with Gasteiger partial charge in [-0.2, -0.15) is 0 Å². The second-order valence-corrected chi connectivity index (χ2v) is 3.83. The van der Waals surface area contributed by atoms with Crippen molar-refractivity contribution in [1.29, 1.82) is 0 Å². The molecule has 1 aromatic rings. The molecule has 0 radical (unpaired) electrons. The Morgan fingerprint density at radius 1 is 1.31 bits per heavy atom. The first-order valence-electron chi connectivity index (χ1n) is 5.77. The Bertz CT molecular complexity index is 324. The zero-order valence-corrected chi connectivity index (χ0v) is 10.2. The molecule has 0 bridgehead atoms. The molecule has 0 unspecified atom stereocenters. The number of benzene rings is 1. The van der Waals surface area contributed by atoms with Gasteiger partial charge in [-0.15, -0.1) is 0 Å². The van der Waals surface area contributed by atoms with E-state index in [1.807, 2.05) is 6.07 Å². The molecule has 90 valence electrons. The topological polar surface area (TPSA) is 21.3 Å². The predicted octanol–water partition coefficient (Wildman–Crippen LogP) is 3.11. The van der Waals surface area contributed by atoms with Crippen LogP contribution in [0.25, 0.3) is 0 Å². The highest BCUT2D eigenvalue weighted by Crippen LogP contribution is 2.19. The van der Waals surface area contributed by atoms with Crippen LogP contribution >= 0.6 is 0 Å². The average Bonchev–Trinajstić information content (AvgIpc) is 2.32. The normalized spacial score (nSPS) is 10.8. The quantitative estimate of drug-likeness (QED) is 0.803. The third-order valence-electron chi connectivity index (χ3n) is 2.83. The highest BCUT2D eigenvalue weighted by atomic mass is 19.1. The number of methoxy groups -OCH3 is 1. The molecule has 0 amide bonds. The Kier molecular flexibility index (Phi) is 5.26. The number of rotatable bonds is 6. The van der Waals surface area contributed by atoms with E-state index in [2.05, 4.69) is 19.2 Å². The van der Waals surface area contributed by atoms with Crippen LogP contribution in [0.3, 0.4) is 0 Å². The van der Waals surface area contributed by atoms with Crippen LogP contribution in [0.15, 0.2) is 18.2 Å². The summed E-state index contributed by atoms with van der Waals surface area (Å²) in [4.78, 5) is 0. The monoisotopic (exact) mass is 225 g/mol. The summed E-state index contributed by atoms with van der Waals surface area (Å²) in [7, 11) is 1.48. The molecule has 2 nitrogen and oxygen atoms in total. The Morgan fingerprint density at radius 2 is 2.00 bits per heavy atom. The molecule has 1 rings (SSSR count). The van der Waals surface area contributed by atoms with Crippen molar-refractivity contribution in [1.82, 2.24) is 5.32 Å². The molecule has 0 saturated carbocycles. The Hall–Kier alpha value is -1.09. The third kappa shape index (κ3) is 3.20. The molecule has 0 aliphatic carbocycles. The molecule has 1 aromatic carbocycles. The molecule has 16 heavy (non-hydrogen) atoms. The van der Waals surface area contributed by atoms with Gasteiger partial charge in [-0.25, -0.2) is 4.39 Å². The minimum atomic E-state index is -0.261. The average molecular weight is 225 g/mol. The van der Waals surface area contributed by atoms with Crippen molar-refractivity contribution in [2.24, 2.45) is 0 Å². The van der Waals surface area contributed by atoms with Gasteiger partial charge in [-0.05, 0) is 18.9 Å². The van der Waals surface area contributed by atoms with Gasteiger partial charge in [0.1, 0.15) is 0 Å². The van der Waals surface area contributed by atoms with Crippen LogP contribution in [0.1, 0.15) is 32.3 Å². The van der Waals surface area contributed by atoms with E-state index < -0.39 is 0 Å². The number of hydrogen-bond acceptors (Lipinski definition) is 2.